The summed E-state index contributed by atoms with van der Waals surface area (Å²) in [5, 5.41) is 0. The van der Waals surface area contributed by atoms with Crippen molar-refractivity contribution in [3.8, 4) is 5.75 Å². The summed E-state index contributed by atoms with van der Waals surface area (Å²) in [6, 6.07) is 17.4. The molecule has 0 unspecified atom stereocenters. The Bertz CT molecular complexity index is 588. The minimum atomic E-state index is 0.378. The molecule has 0 heterocycles. The molecule has 2 aromatic rings. The van der Waals surface area contributed by atoms with E-state index >= 15 is 0 Å². The van der Waals surface area contributed by atoms with Crippen molar-refractivity contribution in [2.75, 3.05) is 7.11 Å². The molecule has 1 heteroatoms. The van der Waals surface area contributed by atoms with Crippen molar-refractivity contribution >= 4 is 0 Å². The third-order valence-corrected chi connectivity index (χ3v) is 4.50. The fraction of sp³-hybridized carbons (Fsp3) is 0.368. The Hall–Kier alpha value is -1.76. The van der Waals surface area contributed by atoms with E-state index in [1.165, 1.54) is 36.0 Å². The van der Waals surface area contributed by atoms with E-state index in [0.29, 0.717) is 5.41 Å². The van der Waals surface area contributed by atoms with Crippen LogP contribution in [0, 0.1) is 5.41 Å². The average Bonchev–Trinajstić information content (AvgIpc) is 2.47. The van der Waals surface area contributed by atoms with Crippen LogP contribution in [-0.4, -0.2) is 7.11 Å². The second kappa shape index (κ2) is 5.32. The van der Waals surface area contributed by atoms with E-state index in [1.807, 2.05) is 0 Å². The second-order valence-corrected chi connectivity index (χ2v) is 6.28. The van der Waals surface area contributed by atoms with Gasteiger partial charge in [0.15, 0.2) is 0 Å². The molecular formula is C19H22O. The fourth-order valence-corrected chi connectivity index (χ4v) is 3.36. The molecule has 1 nitrogen and oxygen atoms in total. The van der Waals surface area contributed by atoms with E-state index < -0.39 is 0 Å². The number of hydrogen-bond donors (Lipinski definition) is 0. The molecule has 0 fully saturated rings. The molecule has 1 aliphatic rings. The minimum Gasteiger partial charge on any atom is -0.497 e. The molecule has 0 amide bonds. The van der Waals surface area contributed by atoms with E-state index in [9.17, 15) is 0 Å². The van der Waals surface area contributed by atoms with Crippen LogP contribution in [0.3, 0.4) is 0 Å². The van der Waals surface area contributed by atoms with Crippen molar-refractivity contribution in [2.24, 2.45) is 5.41 Å². The van der Waals surface area contributed by atoms with Gasteiger partial charge in [-0.2, -0.15) is 0 Å². The van der Waals surface area contributed by atoms with E-state index in [2.05, 4.69) is 55.5 Å². The highest BCUT2D eigenvalue weighted by Crippen LogP contribution is 2.39. The number of methoxy groups -OCH3 is 1. The Labute approximate surface area is 121 Å². The lowest BCUT2D eigenvalue weighted by Crippen LogP contribution is -2.28. The van der Waals surface area contributed by atoms with Crippen LogP contribution >= 0.6 is 0 Å². The van der Waals surface area contributed by atoms with Crippen molar-refractivity contribution in [3.05, 3.63) is 65.2 Å². The van der Waals surface area contributed by atoms with Gasteiger partial charge < -0.3 is 4.74 Å². The molecule has 0 saturated heterocycles. The lowest BCUT2D eigenvalue weighted by Gasteiger charge is -2.35. The van der Waals surface area contributed by atoms with Crippen LogP contribution < -0.4 is 4.74 Å². The van der Waals surface area contributed by atoms with Crippen LogP contribution in [0.5, 0.6) is 5.75 Å². The number of aryl methyl sites for hydroxylation is 1. The normalized spacial score (nSPS) is 21.3. The Balaban J connectivity index is 1.80. The van der Waals surface area contributed by atoms with Gasteiger partial charge in [0.25, 0.3) is 0 Å². The molecule has 0 aliphatic heterocycles. The summed E-state index contributed by atoms with van der Waals surface area (Å²) in [4.78, 5) is 0. The highest BCUT2D eigenvalue weighted by Gasteiger charge is 2.30. The second-order valence-electron chi connectivity index (χ2n) is 6.28. The lowest BCUT2D eigenvalue weighted by molar-refractivity contribution is 0.276. The van der Waals surface area contributed by atoms with Crippen LogP contribution in [0.1, 0.15) is 30.0 Å². The van der Waals surface area contributed by atoms with Gasteiger partial charge in [-0.15, -0.1) is 0 Å². The highest BCUT2D eigenvalue weighted by atomic mass is 16.5. The summed E-state index contributed by atoms with van der Waals surface area (Å²) in [5.41, 5.74) is 4.79. The molecule has 1 aliphatic carbocycles. The molecule has 0 aromatic heterocycles. The Kier molecular flexibility index (Phi) is 3.52. The summed E-state index contributed by atoms with van der Waals surface area (Å²) in [6.07, 6.45) is 4.75. The lowest BCUT2D eigenvalue weighted by atomic mass is 9.70. The van der Waals surface area contributed by atoms with Gasteiger partial charge in [-0.1, -0.05) is 43.3 Å². The van der Waals surface area contributed by atoms with Crippen molar-refractivity contribution in [1.29, 1.82) is 0 Å². The molecule has 0 spiro atoms. The van der Waals surface area contributed by atoms with Crippen LogP contribution in [0.2, 0.25) is 0 Å². The predicted molar refractivity (Wildman–Crippen MR) is 83.3 cm³/mol. The smallest absolute Gasteiger partial charge is 0.119 e. The summed E-state index contributed by atoms with van der Waals surface area (Å²) < 4.78 is 5.33. The van der Waals surface area contributed by atoms with E-state index in [-0.39, 0.29) is 0 Å². The molecule has 0 saturated carbocycles. The van der Waals surface area contributed by atoms with Gasteiger partial charge in [0.2, 0.25) is 0 Å². The van der Waals surface area contributed by atoms with Crippen LogP contribution in [0.15, 0.2) is 48.5 Å². The third kappa shape index (κ3) is 2.72. The molecule has 1 atom stereocenters. The number of hydrogen-bond acceptors (Lipinski definition) is 1. The standard InChI is InChI=1S/C19H22O/c1-19(13-15-6-4-3-5-7-15)11-10-16-12-18(20-2)9-8-17(16)14-19/h3-9,12H,10-11,13-14H2,1-2H3/t19-/m1/s1. The Morgan fingerprint density at radius 2 is 1.85 bits per heavy atom. The molecular weight excluding hydrogens is 244 g/mol. The first kappa shape index (κ1) is 13.2. The topological polar surface area (TPSA) is 9.23 Å². The number of fused-ring (bicyclic) bond motifs is 1. The summed E-state index contributed by atoms with van der Waals surface area (Å²) >= 11 is 0. The molecule has 3 rings (SSSR count). The van der Waals surface area contributed by atoms with Crippen LogP contribution in [0.25, 0.3) is 0 Å². The van der Waals surface area contributed by atoms with Gasteiger partial charge in [-0.25, -0.2) is 0 Å². The Morgan fingerprint density at radius 3 is 2.60 bits per heavy atom. The first-order chi connectivity index (χ1) is 9.68. The largest absolute Gasteiger partial charge is 0.497 e. The van der Waals surface area contributed by atoms with Gasteiger partial charge in [-0.3, -0.25) is 0 Å². The zero-order valence-corrected chi connectivity index (χ0v) is 12.4. The number of ether oxygens (including phenoxy) is 1. The first-order valence-corrected chi connectivity index (χ1v) is 7.38. The summed E-state index contributed by atoms with van der Waals surface area (Å²) in [6.45, 7) is 2.42. The molecule has 0 radical (unpaired) electrons. The van der Waals surface area contributed by atoms with E-state index in [1.54, 1.807) is 7.11 Å². The quantitative estimate of drug-likeness (QED) is 0.798. The number of rotatable bonds is 3. The van der Waals surface area contributed by atoms with Gasteiger partial charge in [0.1, 0.15) is 5.75 Å². The minimum absolute atomic E-state index is 0.378. The van der Waals surface area contributed by atoms with Gasteiger partial charge in [0.05, 0.1) is 7.11 Å². The fourth-order valence-electron chi connectivity index (χ4n) is 3.36. The predicted octanol–water partition coefficient (Wildman–Crippen LogP) is 4.43. The van der Waals surface area contributed by atoms with Crippen molar-refractivity contribution in [2.45, 2.75) is 32.6 Å². The summed E-state index contributed by atoms with van der Waals surface area (Å²) in [5.74, 6) is 0.982. The maximum absolute atomic E-state index is 5.33. The van der Waals surface area contributed by atoms with Gasteiger partial charge in [0, 0.05) is 0 Å². The molecule has 0 N–H and O–H groups in total. The zero-order valence-electron chi connectivity index (χ0n) is 12.4. The number of benzene rings is 2. The van der Waals surface area contributed by atoms with Crippen molar-refractivity contribution in [1.82, 2.24) is 0 Å². The molecule has 104 valence electrons. The molecule has 20 heavy (non-hydrogen) atoms. The van der Waals surface area contributed by atoms with Crippen LogP contribution in [-0.2, 0) is 19.3 Å². The molecule has 2 aromatic carbocycles. The highest BCUT2D eigenvalue weighted by molar-refractivity contribution is 5.38. The van der Waals surface area contributed by atoms with E-state index in [0.717, 1.165) is 12.2 Å². The zero-order chi connectivity index (χ0) is 14.0. The Morgan fingerprint density at radius 1 is 1.05 bits per heavy atom. The van der Waals surface area contributed by atoms with E-state index in [4.69, 9.17) is 4.74 Å². The van der Waals surface area contributed by atoms with Gasteiger partial charge >= 0.3 is 0 Å². The first-order valence-electron chi connectivity index (χ1n) is 7.38. The average molecular weight is 266 g/mol. The van der Waals surface area contributed by atoms with Gasteiger partial charge in [-0.05, 0) is 59.9 Å². The monoisotopic (exact) mass is 266 g/mol. The van der Waals surface area contributed by atoms with Crippen molar-refractivity contribution < 1.29 is 4.74 Å². The van der Waals surface area contributed by atoms with Crippen molar-refractivity contribution in [3.63, 3.8) is 0 Å². The maximum atomic E-state index is 5.33. The van der Waals surface area contributed by atoms with Crippen LogP contribution in [0.4, 0.5) is 0 Å². The SMILES string of the molecule is COc1ccc2c(c1)CC[C@](C)(Cc1ccccc1)C2. The molecule has 0 bridgehead atoms. The third-order valence-electron chi connectivity index (χ3n) is 4.50. The maximum Gasteiger partial charge on any atom is 0.119 e. The summed E-state index contributed by atoms with van der Waals surface area (Å²) in [7, 11) is 1.74.